The summed E-state index contributed by atoms with van der Waals surface area (Å²) in [5.74, 6) is 4.74. The number of rotatable bonds is 2. The maximum Gasteiger partial charge on any atom is 0.573 e. The van der Waals surface area contributed by atoms with Crippen molar-refractivity contribution in [2.45, 2.75) is 6.36 Å². The van der Waals surface area contributed by atoms with Crippen molar-refractivity contribution in [3.63, 3.8) is 0 Å². The molecule has 0 atom stereocenters. The minimum atomic E-state index is -4.69. The molecule has 0 radical (unpaired) electrons. The number of hydrogen-bond acceptors (Lipinski definition) is 3. The molecule has 3 nitrogen and oxygen atoms in total. The molecule has 0 amide bonds. The first-order chi connectivity index (χ1) is 6.42. The Morgan fingerprint density at radius 3 is 2.40 bits per heavy atom. The zero-order chi connectivity index (χ0) is 10.8. The van der Waals surface area contributed by atoms with Gasteiger partial charge < -0.3 is 10.2 Å². The van der Waals surface area contributed by atoms with Gasteiger partial charge in [-0.3, -0.25) is 5.84 Å². The van der Waals surface area contributed by atoms with Gasteiger partial charge in [-0.2, -0.15) is 0 Å². The Balaban J connectivity index is 0.00000196. The Morgan fingerprint density at radius 1 is 1.33 bits per heavy atom. The Labute approximate surface area is 98.3 Å². The predicted molar refractivity (Wildman–Crippen MR) is 55.9 cm³/mol. The van der Waals surface area contributed by atoms with Crippen LogP contribution >= 0.6 is 28.3 Å². The van der Waals surface area contributed by atoms with Crippen LogP contribution in [0, 0.1) is 0 Å². The van der Waals surface area contributed by atoms with E-state index in [0.717, 1.165) is 6.07 Å². The van der Waals surface area contributed by atoms with Gasteiger partial charge in [0.1, 0.15) is 5.75 Å². The zero-order valence-electron chi connectivity index (χ0n) is 7.14. The smallest absolute Gasteiger partial charge is 0.406 e. The molecule has 3 N–H and O–H groups in total. The number of nitrogen functional groups attached to an aromatic ring is 1. The number of hydrogen-bond donors (Lipinski definition) is 2. The van der Waals surface area contributed by atoms with Gasteiger partial charge in [0.25, 0.3) is 0 Å². The van der Waals surface area contributed by atoms with Gasteiger partial charge in [-0.05, 0) is 28.1 Å². The highest BCUT2D eigenvalue weighted by Gasteiger charge is 2.31. The number of ether oxygens (including phenoxy) is 1. The number of anilines is 1. The Morgan fingerprint density at radius 2 is 1.93 bits per heavy atom. The molecule has 0 aliphatic heterocycles. The number of hydrazine groups is 1. The van der Waals surface area contributed by atoms with Crippen molar-refractivity contribution in [2.75, 3.05) is 5.43 Å². The van der Waals surface area contributed by atoms with Crippen LogP contribution in [0.3, 0.4) is 0 Å². The number of nitrogens with two attached hydrogens (primary N) is 1. The molecule has 86 valence electrons. The fourth-order valence-corrected chi connectivity index (χ4v) is 1.17. The van der Waals surface area contributed by atoms with E-state index in [1.54, 1.807) is 0 Å². The lowest BCUT2D eigenvalue weighted by molar-refractivity contribution is -0.274. The van der Waals surface area contributed by atoms with Crippen LogP contribution in [0.1, 0.15) is 0 Å². The molecule has 0 saturated carbocycles. The Bertz CT molecular complexity index is 335. The third-order valence-corrected chi connectivity index (χ3v) is 2.02. The summed E-state index contributed by atoms with van der Waals surface area (Å²) in [5, 5.41) is 0. The SMILES string of the molecule is Cl.NNc1cc(OC(F)(F)F)ccc1Br. The molecular weight excluding hydrogens is 300 g/mol. The molecule has 0 aromatic heterocycles. The molecule has 1 aromatic carbocycles. The normalized spacial score (nSPS) is 10.5. The quantitative estimate of drug-likeness (QED) is 0.652. The molecule has 0 spiro atoms. The van der Waals surface area contributed by atoms with Crippen molar-refractivity contribution in [3.05, 3.63) is 22.7 Å². The van der Waals surface area contributed by atoms with Crippen molar-refractivity contribution in [2.24, 2.45) is 5.84 Å². The average Bonchev–Trinajstić information content (AvgIpc) is 2.06. The molecule has 0 saturated heterocycles. The summed E-state index contributed by atoms with van der Waals surface area (Å²) in [6.45, 7) is 0. The number of halogens is 5. The summed E-state index contributed by atoms with van der Waals surface area (Å²) in [6.07, 6.45) is -4.69. The average molecular weight is 307 g/mol. The summed E-state index contributed by atoms with van der Waals surface area (Å²) >= 11 is 3.09. The van der Waals surface area contributed by atoms with Crippen molar-refractivity contribution in [1.82, 2.24) is 0 Å². The van der Waals surface area contributed by atoms with E-state index < -0.39 is 6.36 Å². The molecule has 0 aliphatic rings. The maximum absolute atomic E-state index is 11.8. The fraction of sp³-hybridized carbons (Fsp3) is 0.143. The van der Waals surface area contributed by atoms with E-state index in [9.17, 15) is 13.2 Å². The van der Waals surface area contributed by atoms with Crippen molar-refractivity contribution >= 4 is 34.0 Å². The fourth-order valence-electron chi connectivity index (χ4n) is 0.812. The third-order valence-electron chi connectivity index (χ3n) is 1.33. The number of alkyl halides is 3. The van der Waals surface area contributed by atoms with Gasteiger partial charge in [-0.25, -0.2) is 0 Å². The Kier molecular flexibility index (Phi) is 5.19. The van der Waals surface area contributed by atoms with Crippen molar-refractivity contribution in [3.8, 4) is 5.75 Å². The van der Waals surface area contributed by atoms with Gasteiger partial charge in [0, 0.05) is 10.5 Å². The molecule has 0 fully saturated rings. The first-order valence-corrected chi connectivity index (χ1v) is 4.23. The van der Waals surface area contributed by atoms with Gasteiger partial charge in [-0.1, -0.05) is 0 Å². The second-order valence-electron chi connectivity index (χ2n) is 2.33. The molecular formula is C7H7BrClF3N2O. The lowest BCUT2D eigenvalue weighted by Crippen LogP contribution is -2.17. The summed E-state index contributed by atoms with van der Waals surface area (Å²) in [4.78, 5) is 0. The topological polar surface area (TPSA) is 47.3 Å². The standard InChI is InChI=1S/C7H6BrF3N2O.ClH/c8-5-2-1-4(3-6(5)13-12)14-7(9,10)11;/h1-3,13H,12H2;1H. The van der Waals surface area contributed by atoms with Crippen molar-refractivity contribution in [1.29, 1.82) is 0 Å². The van der Waals surface area contributed by atoms with E-state index >= 15 is 0 Å². The second kappa shape index (κ2) is 5.43. The molecule has 1 aromatic rings. The molecule has 15 heavy (non-hydrogen) atoms. The zero-order valence-corrected chi connectivity index (χ0v) is 9.54. The summed E-state index contributed by atoms with van der Waals surface area (Å²) in [6, 6.07) is 3.71. The molecule has 0 heterocycles. The summed E-state index contributed by atoms with van der Waals surface area (Å²) in [5.41, 5.74) is 2.54. The van der Waals surface area contributed by atoms with E-state index in [2.05, 4.69) is 26.1 Å². The highest BCUT2D eigenvalue weighted by molar-refractivity contribution is 9.10. The van der Waals surface area contributed by atoms with Gasteiger partial charge in [0.05, 0.1) is 5.69 Å². The van der Waals surface area contributed by atoms with Crippen LogP contribution in [0.2, 0.25) is 0 Å². The van der Waals surface area contributed by atoms with Crippen LogP contribution in [0.5, 0.6) is 5.75 Å². The number of nitrogens with one attached hydrogen (secondary N) is 1. The second-order valence-corrected chi connectivity index (χ2v) is 3.19. The largest absolute Gasteiger partial charge is 0.573 e. The van der Waals surface area contributed by atoms with Crippen LogP contribution in [-0.2, 0) is 0 Å². The summed E-state index contributed by atoms with van der Waals surface area (Å²) < 4.78 is 39.6. The van der Waals surface area contributed by atoms with Gasteiger partial charge >= 0.3 is 6.36 Å². The highest BCUT2D eigenvalue weighted by Crippen LogP contribution is 2.29. The van der Waals surface area contributed by atoms with E-state index in [1.165, 1.54) is 12.1 Å². The van der Waals surface area contributed by atoms with E-state index in [-0.39, 0.29) is 18.2 Å². The van der Waals surface area contributed by atoms with Crippen LogP contribution < -0.4 is 16.0 Å². The predicted octanol–water partition coefficient (Wildman–Crippen LogP) is 3.06. The van der Waals surface area contributed by atoms with Crippen LogP contribution in [-0.4, -0.2) is 6.36 Å². The molecule has 0 bridgehead atoms. The van der Waals surface area contributed by atoms with Crippen LogP contribution in [0.4, 0.5) is 18.9 Å². The Hall–Kier alpha value is -0.660. The third kappa shape index (κ3) is 4.59. The van der Waals surface area contributed by atoms with Crippen molar-refractivity contribution < 1.29 is 17.9 Å². The lowest BCUT2D eigenvalue weighted by Gasteiger charge is -2.10. The first kappa shape index (κ1) is 14.3. The summed E-state index contributed by atoms with van der Waals surface area (Å²) in [7, 11) is 0. The molecule has 0 aliphatic carbocycles. The van der Waals surface area contributed by atoms with Crippen LogP contribution in [0.25, 0.3) is 0 Å². The van der Waals surface area contributed by atoms with Gasteiger partial charge in [0.15, 0.2) is 0 Å². The maximum atomic E-state index is 11.8. The van der Waals surface area contributed by atoms with E-state index in [1.807, 2.05) is 0 Å². The minimum Gasteiger partial charge on any atom is -0.406 e. The van der Waals surface area contributed by atoms with E-state index in [0.29, 0.717) is 10.2 Å². The molecule has 0 unspecified atom stereocenters. The highest BCUT2D eigenvalue weighted by atomic mass is 79.9. The molecule has 8 heteroatoms. The molecule has 1 rings (SSSR count). The minimum absolute atomic E-state index is 0. The van der Waals surface area contributed by atoms with E-state index in [4.69, 9.17) is 5.84 Å². The first-order valence-electron chi connectivity index (χ1n) is 3.44. The van der Waals surface area contributed by atoms with Crippen LogP contribution in [0.15, 0.2) is 22.7 Å². The lowest BCUT2D eigenvalue weighted by atomic mass is 10.3. The van der Waals surface area contributed by atoms with Gasteiger partial charge in [0.2, 0.25) is 0 Å². The number of benzene rings is 1. The van der Waals surface area contributed by atoms with Gasteiger partial charge in [-0.15, -0.1) is 25.6 Å². The monoisotopic (exact) mass is 306 g/mol.